The van der Waals surface area contributed by atoms with E-state index in [1.54, 1.807) is 36.2 Å². The summed E-state index contributed by atoms with van der Waals surface area (Å²) in [6.07, 6.45) is 7.03. The van der Waals surface area contributed by atoms with Gasteiger partial charge in [0.2, 0.25) is 0 Å². The number of nitrogens with zero attached hydrogens (tertiary/aromatic N) is 6. The van der Waals surface area contributed by atoms with Crippen molar-refractivity contribution in [2.24, 2.45) is 11.1 Å². The highest BCUT2D eigenvalue weighted by molar-refractivity contribution is 6.14. The first-order valence-electron chi connectivity index (χ1n) is 11.2. The van der Waals surface area contributed by atoms with Crippen molar-refractivity contribution in [3.63, 3.8) is 0 Å². The lowest BCUT2D eigenvalue weighted by Gasteiger charge is -2.19. The molecule has 0 bridgehead atoms. The number of ether oxygens (including phenoxy) is 1. The summed E-state index contributed by atoms with van der Waals surface area (Å²) in [5, 5.41) is 8.75. The van der Waals surface area contributed by atoms with Crippen LogP contribution in [0.25, 0.3) is 27.6 Å². The zero-order chi connectivity index (χ0) is 23.0. The fourth-order valence-corrected chi connectivity index (χ4v) is 5.17. The molecule has 1 saturated heterocycles. The Bertz CT molecular complexity index is 1590. The molecule has 5 aromatic rings. The molecule has 2 aliphatic rings. The van der Waals surface area contributed by atoms with Crippen LogP contribution in [0, 0.1) is 11.2 Å². The summed E-state index contributed by atoms with van der Waals surface area (Å²) in [5.74, 6) is 0.842. The van der Waals surface area contributed by atoms with Crippen LogP contribution in [0.15, 0.2) is 36.8 Å². The second-order valence-electron chi connectivity index (χ2n) is 9.17. The Kier molecular flexibility index (Phi) is 3.87. The van der Waals surface area contributed by atoms with Gasteiger partial charge in [0.15, 0.2) is 11.4 Å². The molecule has 1 aliphatic heterocycles. The third-order valence-electron chi connectivity index (χ3n) is 7.12. The van der Waals surface area contributed by atoms with Crippen LogP contribution in [0.1, 0.15) is 12.8 Å². The number of fused-ring (bicyclic) bond motifs is 4. The Hall–Kier alpha value is -3.99. The van der Waals surface area contributed by atoms with E-state index in [0.29, 0.717) is 28.5 Å². The molecule has 7 rings (SSSR count). The van der Waals surface area contributed by atoms with Gasteiger partial charge >= 0.3 is 6.01 Å². The molecule has 34 heavy (non-hydrogen) atoms. The van der Waals surface area contributed by atoms with Gasteiger partial charge in [0.25, 0.3) is 0 Å². The second-order valence-corrected chi connectivity index (χ2v) is 9.17. The minimum absolute atomic E-state index is 0.140. The number of hydrogen-bond donors (Lipinski definition) is 3. The lowest BCUT2D eigenvalue weighted by Crippen LogP contribution is -2.24. The molecule has 1 aromatic carbocycles. The SMILES string of the molecule is CNc1cc(F)cc2c1[nH]c1nc(Oc3cnc4ccnn4c3)nc(N3CCC4(CC4N)C3)c12. The highest BCUT2D eigenvalue weighted by atomic mass is 19.1. The summed E-state index contributed by atoms with van der Waals surface area (Å²) in [7, 11) is 1.76. The zero-order valence-corrected chi connectivity index (χ0v) is 18.4. The van der Waals surface area contributed by atoms with Crippen molar-refractivity contribution >= 4 is 39.1 Å². The van der Waals surface area contributed by atoms with Crippen molar-refractivity contribution in [1.29, 1.82) is 0 Å². The van der Waals surface area contributed by atoms with Crippen molar-refractivity contribution in [2.75, 3.05) is 30.4 Å². The molecule has 2 fully saturated rings. The molecule has 5 heterocycles. The van der Waals surface area contributed by atoms with Crippen LogP contribution < -0.4 is 20.7 Å². The van der Waals surface area contributed by atoms with Gasteiger partial charge in [-0.3, -0.25) is 0 Å². The summed E-state index contributed by atoms with van der Waals surface area (Å²) < 4.78 is 22.1. The molecular weight excluding hydrogens is 437 g/mol. The average molecular weight is 459 g/mol. The smallest absolute Gasteiger partial charge is 0.326 e. The number of anilines is 2. The van der Waals surface area contributed by atoms with E-state index < -0.39 is 0 Å². The first-order chi connectivity index (χ1) is 16.5. The van der Waals surface area contributed by atoms with Gasteiger partial charge in [-0.15, -0.1) is 0 Å². The fraction of sp³-hybridized carbons (Fsp3) is 0.304. The molecule has 4 N–H and O–H groups in total. The summed E-state index contributed by atoms with van der Waals surface area (Å²) in [6, 6.07) is 5.18. The molecule has 11 heteroatoms. The minimum atomic E-state index is -0.329. The molecule has 1 saturated carbocycles. The van der Waals surface area contributed by atoms with Gasteiger partial charge in [-0.2, -0.15) is 15.1 Å². The number of nitrogens with one attached hydrogen (secondary N) is 2. The van der Waals surface area contributed by atoms with Crippen LogP contribution in [-0.2, 0) is 0 Å². The van der Waals surface area contributed by atoms with Crippen LogP contribution in [0.4, 0.5) is 15.9 Å². The predicted octanol–water partition coefficient (Wildman–Crippen LogP) is 3.05. The minimum Gasteiger partial charge on any atom is -0.421 e. The number of halogens is 1. The van der Waals surface area contributed by atoms with Gasteiger partial charge in [-0.1, -0.05) is 0 Å². The Morgan fingerprint density at radius 1 is 1.32 bits per heavy atom. The first kappa shape index (κ1) is 19.5. The molecule has 172 valence electrons. The predicted molar refractivity (Wildman–Crippen MR) is 126 cm³/mol. The number of rotatable bonds is 4. The molecule has 1 aliphatic carbocycles. The van der Waals surface area contributed by atoms with Crippen molar-refractivity contribution in [3.05, 3.63) is 42.6 Å². The van der Waals surface area contributed by atoms with Gasteiger partial charge in [-0.25, -0.2) is 13.9 Å². The van der Waals surface area contributed by atoms with Crippen molar-refractivity contribution in [2.45, 2.75) is 18.9 Å². The first-order valence-corrected chi connectivity index (χ1v) is 11.2. The molecule has 4 aromatic heterocycles. The van der Waals surface area contributed by atoms with Gasteiger partial charge in [0.1, 0.15) is 17.3 Å². The Labute approximate surface area is 192 Å². The van der Waals surface area contributed by atoms with E-state index in [1.165, 1.54) is 12.1 Å². The largest absolute Gasteiger partial charge is 0.421 e. The van der Waals surface area contributed by atoms with Crippen LogP contribution in [0.5, 0.6) is 11.8 Å². The van der Waals surface area contributed by atoms with E-state index in [1.807, 2.05) is 0 Å². The van der Waals surface area contributed by atoms with E-state index >= 15 is 0 Å². The van der Waals surface area contributed by atoms with Crippen LogP contribution in [0.2, 0.25) is 0 Å². The van der Waals surface area contributed by atoms with Gasteiger partial charge in [-0.05, 0) is 25.0 Å². The van der Waals surface area contributed by atoms with Gasteiger partial charge in [0, 0.05) is 43.0 Å². The maximum Gasteiger partial charge on any atom is 0.326 e. The lowest BCUT2D eigenvalue weighted by atomic mass is 10.1. The van der Waals surface area contributed by atoms with E-state index in [2.05, 4.69) is 30.3 Å². The van der Waals surface area contributed by atoms with E-state index in [4.69, 9.17) is 15.5 Å². The quantitative estimate of drug-likeness (QED) is 0.375. The molecule has 1 spiro atoms. The van der Waals surface area contributed by atoms with E-state index in [9.17, 15) is 4.39 Å². The Morgan fingerprint density at radius 2 is 2.21 bits per heavy atom. The normalized spacial score (nSPS) is 21.9. The maximum atomic E-state index is 14.5. The summed E-state index contributed by atoms with van der Waals surface area (Å²) in [5.41, 5.74) is 9.09. The summed E-state index contributed by atoms with van der Waals surface area (Å²) in [6.45, 7) is 1.63. The molecule has 2 atom stereocenters. The second kappa shape index (κ2) is 6.76. The van der Waals surface area contributed by atoms with Crippen molar-refractivity contribution < 1.29 is 9.13 Å². The van der Waals surface area contributed by atoms with Gasteiger partial charge < -0.3 is 25.7 Å². The van der Waals surface area contributed by atoms with Crippen LogP contribution in [-0.4, -0.2) is 55.7 Å². The highest BCUT2D eigenvalue weighted by Gasteiger charge is 2.56. The molecule has 10 nitrogen and oxygen atoms in total. The Morgan fingerprint density at radius 3 is 3.00 bits per heavy atom. The summed E-state index contributed by atoms with van der Waals surface area (Å²) >= 11 is 0. The van der Waals surface area contributed by atoms with Crippen molar-refractivity contribution in [3.8, 4) is 11.8 Å². The Balaban J connectivity index is 1.40. The molecule has 2 unspecified atom stereocenters. The van der Waals surface area contributed by atoms with E-state index in [0.717, 1.165) is 42.2 Å². The number of aromatic amines is 1. The van der Waals surface area contributed by atoms with Crippen LogP contribution in [0.3, 0.4) is 0 Å². The fourth-order valence-electron chi connectivity index (χ4n) is 5.17. The third-order valence-corrected chi connectivity index (χ3v) is 7.12. The molecular formula is C23H22FN9O. The lowest BCUT2D eigenvalue weighted by molar-refractivity contribution is 0.438. The number of H-pyrrole nitrogens is 1. The highest BCUT2D eigenvalue weighted by Crippen LogP contribution is 2.53. The van der Waals surface area contributed by atoms with Gasteiger partial charge in [0.05, 0.1) is 35.2 Å². The summed E-state index contributed by atoms with van der Waals surface area (Å²) in [4.78, 5) is 19.3. The standard InChI is InChI=1S/C23H22FN9O/c1-26-15-7-12(24)6-14-18-20(29-19(14)15)30-22(34-13-9-27-17-2-4-28-33(17)10-13)31-21(18)32-5-3-23(11-32)8-16(23)25/h2,4,6-7,9-10,16,26H,3,5,8,11,25H2,1H3,(H,29,30,31). The number of hydrogen-bond acceptors (Lipinski definition) is 8. The topological polar surface area (TPSA) is 122 Å². The maximum absolute atomic E-state index is 14.5. The van der Waals surface area contributed by atoms with Crippen LogP contribution >= 0.6 is 0 Å². The third kappa shape index (κ3) is 2.83. The number of benzene rings is 1. The van der Waals surface area contributed by atoms with Crippen molar-refractivity contribution in [1.82, 2.24) is 29.5 Å². The monoisotopic (exact) mass is 459 g/mol. The van der Waals surface area contributed by atoms with E-state index in [-0.39, 0.29) is 23.3 Å². The average Bonchev–Trinajstić information content (AvgIpc) is 3.24. The molecule has 0 amide bonds. The molecule has 0 radical (unpaired) electrons. The number of nitrogens with two attached hydrogens (primary N) is 1. The number of aromatic nitrogens is 6. The zero-order valence-electron chi connectivity index (χ0n) is 18.4.